The number of hydrogen-bond donors (Lipinski definition) is 0. The minimum absolute atomic E-state index is 0.0556. The summed E-state index contributed by atoms with van der Waals surface area (Å²) in [5.41, 5.74) is 0. The second-order valence-electron chi connectivity index (χ2n) is 0.226. The fourth-order valence-corrected chi connectivity index (χ4v) is 0. The molecule has 0 aromatic rings. The fraction of sp³-hybridized carbons (Fsp3) is 0. The SMILES string of the molecule is S=C([35Cl])[35Cl]. The second-order valence-corrected chi connectivity index (χ2v) is 2.03. The predicted molar refractivity (Wildman–Crippen MR) is 24.3 cm³/mol. The smallest absolute Gasteiger partial charge is 0.0579 e. The Hall–Kier alpha value is 0.670. The highest BCUT2D eigenvalue weighted by Gasteiger charge is 1.64. The van der Waals surface area contributed by atoms with Crippen molar-refractivity contribution < 1.29 is 0 Å². The molecule has 24 valence electrons. The summed E-state index contributed by atoms with van der Waals surface area (Å²) < 4.78 is -0.0556. The van der Waals surface area contributed by atoms with Crippen molar-refractivity contribution in [2.45, 2.75) is 0 Å². The molecule has 0 N–H and O–H groups in total. The Morgan fingerprint density at radius 1 is 1.50 bits per heavy atom. The van der Waals surface area contributed by atoms with Gasteiger partial charge in [-0.1, -0.05) is 35.4 Å². The van der Waals surface area contributed by atoms with Gasteiger partial charge in [0, 0.05) is 0 Å². The van der Waals surface area contributed by atoms with Crippen LogP contribution in [-0.4, -0.2) is 3.78 Å². The number of rotatable bonds is 0. The van der Waals surface area contributed by atoms with Crippen LogP contribution in [0.2, 0.25) is 0 Å². The lowest BCUT2D eigenvalue weighted by molar-refractivity contribution is 3.87. The molecule has 0 aromatic carbocycles. The van der Waals surface area contributed by atoms with Crippen molar-refractivity contribution in [1.29, 1.82) is 0 Å². The molecular formula is CCl2S. The van der Waals surface area contributed by atoms with E-state index in [0.29, 0.717) is 0 Å². The topological polar surface area (TPSA) is 0 Å². The highest BCUT2D eigenvalue weighted by Crippen LogP contribution is 1.86. The van der Waals surface area contributed by atoms with Gasteiger partial charge in [-0.2, -0.15) is 0 Å². The van der Waals surface area contributed by atoms with E-state index in [4.69, 9.17) is 23.2 Å². The second kappa shape index (κ2) is 1.94. The molecule has 0 amide bonds. The molecule has 0 aliphatic carbocycles. The van der Waals surface area contributed by atoms with Crippen LogP contribution in [-0.2, 0) is 0 Å². The molecule has 0 aliphatic rings. The molecule has 0 aromatic heterocycles. The predicted octanol–water partition coefficient (Wildman–Crippen LogP) is 1.75. The van der Waals surface area contributed by atoms with E-state index >= 15 is 0 Å². The van der Waals surface area contributed by atoms with Gasteiger partial charge in [-0.25, -0.2) is 0 Å². The van der Waals surface area contributed by atoms with Gasteiger partial charge in [0.15, 0.2) is 3.78 Å². The van der Waals surface area contributed by atoms with E-state index < -0.39 is 0 Å². The van der Waals surface area contributed by atoms with E-state index in [2.05, 4.69) is 12.2 Å². The summed E-state index contributed by atoms with van der Waals surface area (Å²) in [5.74, 6) is 0. The first kappa shape index (κ1) is 4.67. The van der Waals surface area contributed by atoms with Crippen LogP contribution in [0.15, 0.2) is 0 Å². The van der Waals surface area contributed by atoms with Gasteiger partial charge in [-0.05, 0) is 0 Å². The summed E-state index contributed by atoms with van der Waals surface area (Å²) >= 11 is 13.6. The zero-order valence-electron chi connectivity index (χ0n) is 1.66. The Bertz CT molecular complexity index is 29.0. The standard InChI is InChI=1S/CCl2S/c2-1(3)4/i2+0,3+0. The molecule has 0 radical (unpaired) electrons. The molecule has 0 saturated heterocycles. The van der Waals surface area contributed by atoms with Crippen molar-refractivity contribution >= 4 is 39.2 Å². The van der Waals surface area contributed by atoms with Crippen molar-refractivity contribution in [3.05, 3.63) is 0 Å². The summed E-state index contributed by atoms with van der Waals surface area (Å²) in [5, 5.41) is 0. The first-order chi connectivity index (χ1) is 1.73. The van der Waals surface area contributed by atoms with Crippen molar-refractivity contribution in [3.8, 4) is 0 Å². The van der Waals surface area contributed by atoms with Crippen molar-refractivity contribution in [2.75, 3.05) is 0 Å². The van der Waals surface area contributed by atoms with Gasteiger partial charge < -0.3 is 0 Å². The van der Waals surface area contributed by atoms with Gasteiger partial charge in [0.05, 0.1) is 0 Å². The van der Waals surface area contributed by atoms with Crippen LogP contribution >= 0.6 is 35.4 Å². The first-order valence-corrected chi connectivity index (χ1v) is 1.75. The fourth-order valence-electron chi connectivity index (χ4n) is 0. The third-order valence-electron chi connectivity index (χ3n) is 0. The van der Waals surface area contributed by atoms with E-state index in [1.165, 1.54) is 0 Å². The van der Waals surface area contributed by atoms with Crippen LogP contribution in [0.3, 0.4) is 0 Å². The van der Waals surface area contributed by atoms with E-state index in [-0.39, 0.29) is 3.78 Å². The third kappa shape index (κ3) is 16.6. The van der Waals surface area contributed by atoms with Gasteiger partial charge in [0.1, 0.15) is 0 Å². The number of thiocarbonyl (C=S) groups is 1. The molecule has 0 rings (SSSR count). The van der Waals surface area contributed by atoms with Gasteiger partial charge in [0.25, 0.3) is 0 Å². The quantitative estimate of drug-likeness (QED) is 0.341. The van der Waals surface area contributed by atoms with Crippen molar-refractivity contribution in [1.82, 2.24) is 0 Å². The van der Waals surface area contributed by atoms with Crippen molar-refractivity contribution in [2.24, 2.45) is 0 Å². The minimum atomic E-state index is -0.0556. The van der Waals surface area contributed by atoms with Gasteiger partial charge in [-0.15, -0.1) is 0 Å². The molecule has 4 heavy (non-hydrogen) atoms. The molecule has 0 unspecified atom stereocenters. The lowest BCUT2D eigenvalue weighted by Crippen LogP contribution is -1.45. The lowest BCUT2D eigenvalue weighted by atomic mass is 11.9. The highest BCUT2D eigenvalue weighted by atomic mass is 35.1. The molecule has 0 fully saturated rings. The largest absolute Gasteiger partial charge is 0.169 e. The summed E-state index contributed by atoms with van der Waals surface area (Å²) in [7, 11) is 0. The van der Waals surface area contributed by atoms with E-state index in [0.717, 1.165) is 0 Å². The molecule has 0 aliphatic heterocycles. The molecule has 0 spiro atoms. The first-order valence-electron chi connectivity index (χ1n) is 0.582. The summed E-state index contributed by atoms with van der Waals surface area (Å²) in [6.07, 6.45) is 0. The maximum absolute atomic E-state index is 4.77. The molecule has 0 atom stereocenters. The molecule has 3 heteroatoms. The zero-order chi connectivity index (χ0) is 3.58. The van der Waals surface area contributed by atoms with Crippen LogP contribution in [0.4, 0.5) is 0 Å². The molecule has 0 saturated carbocycles. The lowest BCUT2D eigenvalue weighted by Gasteiger charge is -1.53. The Morgan fingerprint density at radius 2 is 1.50 bits per heavy atom. The number of hydrogen-bond acceptors (Lipinski definition) is 1. The minimum Gasteiger partial charge on any atom is -0.0579 e. The normalized spacial score (nSPS) is 6.50. The summed E-state index contributed by atoms with van der Waals surface area (Å²) in [4.78, 5) is 0. The summed E-state index contributed by atoms with van der Waals surface area (Å²) in [6, 6.07) is 0. The number of halogens is 2. The molecule has 0 heterocycles. The zero-order valence-corrected chi connectivity index (χ0v) is 3.99. The van der Waals surface area contributed by atoms with Crippen LogP contribution in [0, 0.1) is 0 Å². The van der Waals surface area contributed by atoms with E-state index in [1.54, 1.807) is 0 Å². The van der Waals surface area contributed by atoms with Crippen LogP contribution in [0.5, 0.6) is 0 Å². The molecular weight excluding hydrogens is 114 g/mol. The average Bonchev–Trinajstić information content (AvgIpc) is 0.811. The maximum atomic E-state index is 4.77. The Kier molecular flexibility index (Phi) is 2.27. The Morgan fingerprint density at radius 3 is 1.50 bits per heavy atom. The maximum Gasteiger partial charge on any atom is 0.169 e. The van der Waals surface area contributed by atoms with Gasteiger partial charge in [-0.3, -0.25) is 0 Å². The summed E-state index contributed by atoms with van der Waals surface area (Å²) in [6.45, 7) is 0. The van der Waals surface area contributed by atoms with Gasteiger partial charge in [0.2, 0.25) is 0 Å². The highest BCUT2D eigenvalue weighted by molar-refractivity contribution is 7.86. The Balaban J connectivity index is 2.80. The van der Waals surface area contributed by atoms with E-state index in [1.807, 2.05) is 0 Å². The molecule has 0 bridgehead atoms. The van der Waals surface area contributed by atoms with Crippen LogP contribution in [0.25, 0.3) is 0 Å². The third-order valence-corrected chi connectivity index (χ3v) is 0. The average molecular weight is 114 g/mol. The monoisotopic (exact) mass is 114 g/mol. The molecule has 0 nitrogen and oxygen atoms in total. The Labute approximate surface area is 39.7 Å². The van der Waals surface area contributed by atoms with Crippen LogP contribution < -0.4 is 0 Å². The van der Waals surface area contributed by atoms with Crippen LogP contribution in [0.1, 0.15) is 0 Å². The van der Waals surface area contributed by atoms with Crippen molar-refractivity contribution in [3.63, 3.8) is 0 Å². The van der Waals surface area contributed by atoms with E-state index in [9.17, 15) is 0 Å². The van der Waals surface area contributed by atoms with Gasteiger partial charge >= 0.3 is 0 Å².